The number of hydrogen-bond donors (Lipinski definition) is 2. The molecule has 16 heavy (non-hydrogen) atoms. The molecule has 5 heteroatoms. The summed E-state index contributed by atoms with van der Waals surface area (Å²) >= 11 is 4.55. The van der Waals surface area contributed by atoms with E-state index in [1.165, 1.54) is 0 Å². The first-order valence-electron chi connectivity index (χ1n) is 5.23. The minimum Gasteiger partial charge on any atom is -0.376 e. The van der Waals surface area contributed by atoms with Crippen LogP contribution in [0.3, 0.4) is 0 Å². The van der Waals surface area contributed by atoms with Crippen LogP contribution in [-0.2, 0) is 4.79 Å². The van der Waals surface area contributed by atoms with Gasteiger partial charge >= 0.3 is 0 Å². The van der Waals surface area contributed by atoms with Crippen LogP contribution in [0.5, 0.6) is 0 Å². The lowest BCUT2D eigenvalue weighted by Gasteiger charge is -2.05. The van der Waals surface area contributed by atoms with Crippen LogP contribution >= 0.6 is 12.2 Å². The van der Waals surface area contributed by atoms with Gasteiger partial charge in [0, 0.05) is 0 Å². The highest BCUT2D eigenvalue weighted by molar-refractivity contribution is 7.80. The van der Waals surface area contributed by atoms with Crippen molar-refractivity contribution in [3.8, 4) is 6.07 Å². The summed E-state index contributed by atoms with van der Waals surface area (Å²) in [5.74, 6) is -0.510. The van der Waals surface area contributed by atoms with Crippen molar-refractivity contribution < 1.29 is 4.79 Å². The maximum atomic E-state index is 11.5. The maximum Gasteiger partial charge on any atom is 0.267 e. The van der Waals surface area contributed by atoms with Crippen LogP contribution in [0.2, 0.25) is 0 Å². The van der Waals surface area contributed by atoms with Crippen molar-refractivity contribution in [1.29, 1.82) is 5.26 Å². The molecule has 4 nitrogen and oxygen atoms in total. The largest absolute Gasteiger partial charge is 0.376 e. The Labute approximate surface area is 102 Å². The molecule has 0 atom stereocenters. The Balaban J connectivity index is 4.56. The number of nitrogens with zero attached hydrogens (tertiary/aromatic N) is 1. The second-order valence-corrected chi connectivity index (χ2v) is 3.98. The number of carbonyl (C=O) groups is 1. The number of hydrogen-bond acceptors (Lipinski definition) is 3. The zero-order chi connectivity index (χ0) is 12.6. The zero-order valence-electron chi connectivity index (χ0n) is 9.67. The highest BCUT2D eigenvalue weighted by atomic mass is 32.1. The molecular weight excluding hydrogens is 222 g/mol. The summed E-state index contributed by atoms with van der Waals surface area (Å²) in [5, 5.41) is 11.0. The number of nitrogens with two attached hydrogens (primary N) is 1. The molecule has 0 heterocycles. The SMILES string of the molecule is CCCCCC(C)=C(C#N)C(=O)NC(N)=S. The van der Waals surface area contributed by atoms with Crippen LogP contribution in [0.1, 0.15) is 39.5 Å². The van der Waals surface area contributed by atoms with Crippen molar-refractivity contribution in [2.24, 2.45) is 5.73 Å². The van der Waals surface area contributed by atoms with Crippen molar-refractivity contribution >= 4 is 23.2 Å². The van der Waals surface area contributed by atoms with Gasteiger partial charge in [0.25, 0.3) is 5.91 Å². The lowest BCUT2D eigenvalue weighted by atomic mass is 10.0. The standard InChI is InChI=1S/C11H17N3OS/c1-3-4-5-6-8(2)9(7-12)10(15)14-11(13)16/h3-6H2,1-2H3,(H3,13,14,15,16). The molecule has 0 rings (SSSR count). The predicted octanol–water partition coefficient (Wildman–Crippen LogP) is 1.77. The molecule has 1 amide bonds. The fourth-order valence-electron chi connectivity index (χ4n) is 1.28. The Kier molecular flexibility index (Phi) is 7.14. The van der Waals surface area contributed by atoms with Gasteiger partial charge in [-0.1, -0.05) is 19.8 Å². The van der Waals surface area contributed by atoms with Crippen LogP contribution < -0.4 is 11.1 Å². The summed E-state index contributed by atoms with van der Waals surface area (Å²) in [6.45, 7) is 3.89. The third kappa shape index (κ3) is 5.47. The van der Waals surface area contributed by atoms with Gasteiger partial charge in [0.15, 0.2) is 5.11 Å². The molecule has 0 saturated heterocycles. The van der Waals surface area contributed by atoms with E-state index in [-0.39, 0.29) is 10.7 Å². The van der Waals surface area contributed by atoms with Crippen molar-refractivity contribution in [2.75, 3.05) is 0 Å². The topological polar surface area (TPSA) is 78.9 Å². The van der Waals surface area contributed by atoms with E-state index in [1.807, 2.05) is 6.07 Å². The molecule has 0 aliphatic rings. The molecule has 0 unspecified atom stereocenters. The van der Waals surface area contributed by atoms with Crippen LogP contribution in [0.15, 0.2) is 11.1 Å². The second-order valence-electron chi connectivity index (χ2n) is 3.54. The third-order valence-corrected chi connectivity index (χ3v) is 2.26. The Morgan fingerprint density at radius 1 is 1.50 bits per heavy atom. The number of allylic oxidation sites excluding steroid dienone is 1. The highest BCUT2D eigenvalue weighted by Gasteiger charge is 2.12. The molecule has 0 aliphatic heterocycles. The van der Waals surface area contributed by atoms with Gasteiger partial charge in [-0.2, -0.15) is 5.26 Å². The number of unbranched alkanes of at least 4 members (excludes halogenated alkanes) is 2. The molecule has 0 saturated carbocycles. The molecule has 3 N–H and O–H groups in total. The average molecular weight is 239 g/mol. The van der Waals surface area contributed by atoms with E-state index in [1.54, 1.807) is 6.92 Å². The summed E-state index contributed by atoms with van der Waals surface area (Å²) in [4.78, 5) is 11.5. The van der Waals surface area contributed by atoms with E-state index in [0.29, 0.717) is 0 Å². The summed E-state index contributed by atoms with van der Waals surface area (Å²) in [7, 11) is 0. The summed E-state index contributed by atoms with van der Waals surface area (Å²) in [6.07, 6.45) is 3.93. The smallest absolute Gasteiger partial charge is 0.267 e. The second kappa shape index (κ2) is 7.83. The van der Waals surface area contributed by atoms with E-state index in [2.05, 4.69) is 24.5 Å². The minimum atomic E-state index is -0.510. The quantitative estimate of drug-likeness (QED) is 0.332. The molecule has 0 aromatic carbocycles. The maximum absolute atomic E-state index is 11.5. The Bertz CT molecular complexity index is 342. The van der Waals surface area contributed by atoms with Gasteiger partial charge in [-0.3, -0.25) is 10.1 Å². The van der Waals surface area contributed by atoms with Gasteiger partial charge in [-0.25, -0.2) is 0 Å². The molecule has 0 radical (unpaired) electrons. The van der Waals surface area contributed by atoms with Crippen LogP contribution in [-0.4, -0.2) is 11.0 Å². The fourth-order valence-corrected chi connectivity index (χ4v) is 1.37. The number of thiocarbonyl (C=S) groups is 1. The lowest BCUT2D eigenvalue weighted by molar-refractivity contribution is -0.115. The fraction of sp³-hybridized carbons (Fsp3) is 0.545. The Morgan fingerprint density at radius 2 is 2.12 bits per heavy atom. The monoisotopic (exact) mass is 239 g/mol. The van der Waals surface area contributed by atoms with Crippen LogP contribution in [0, 0.1) is 11.3 Å². The predicted molar refractivity (Wildman–Crippen MR) is 67.4 cm³/mol. The molecular formula is C11H17N3OS. The van der Waals surface area contributed by atoms with Crippen molar-refractivity contribution in [1.82, 2.24) is 5.32 Å². The normalized spacial score (nSPS) is 11.3. The van der Waals surface area contributed by atoms with Gasteiger partial charge in [0.1, 0.15) is 11.6 Å². The molecule has 0 bridgehead atoms. The first-order chi connectivity index (χ1) is 7.52. The van der Waals surface area contributed by atoms with Gasteiger partial charge in [0.05, 0.1) is 0 Å². The van der Waals surface area contributed by atoms with E-state index in [0.717, 1.165) is 31.3 Å². The lowest BCUT2D eigenvalue weighted by Crippen LogP contribution is -2.35. The summed E-state index contributed by atoms with van der Waals surface area (Å²) < 4.78 is 0. The molecule has 0 fully saturated rings. The summed E-state index contributed by atoms with van der Waals surface area (Å²) in [6, 6.07) is 1.89. The van der Waals surface area contributed by atoms with E-state index < -0.39 is 5.91 Å². The number of carbonyl (C=O) groups excluding carboxylic acids is 1. The Hall–Kier alpha value is -1.41. The van der Waals surface area contributed by atoms with Gasteiger partial charge in [-0.15, -0.1) is 0 Å². The first-order valence-corrected chi connectivity index (χ1v) is 5.64. The average Bonchev–Trinajstić information content (AvgIpc) is 2.18. The summed E-state index contributed by atoms with van der Waals surface area (Å²) in [5.41, 5.74) is 6.07. The minimum absolute atomic E-state index is 0.112. The number of rotatable bonds is 5. The Morgan fingerprint density at radius 3 is 2.56 bits per heavy atom. The van der Waals surface area contributed by atoms with Gasteiger partial charge < -0.3 is 5.73 Å². The molecule has 0 spiro atoms. The van der Waals surface area contributed by atoms with E-state index in [4.69, 9.17) is 11.0 Å². The molecule has 88 valence electrons. The van der Waals surface area contributed by atoms with E-state index in [9.17, 15) is 4.79 Å². The zero-order valence-corrected chi connectivity index (χ0v) is 10.5. The van der Waals surface area contributed by atoms with Crippen molar-refractivity contribution in [3.63, 3.8) is 0 Å². The first kappa shape index (κ1) is 14.6. The molecule has 0 aromatic heterocycles. The molecule has 0 aromatic rings. The highest BCUT2D eigenvalue weighted by Crippen LogP contribution is 2.12. The van der Waals surface area contributed by atoms with Gasteiger partial charge in [-0.05, 0) is 37.6 Å². The molecule has 0 aliphatic carbocycles. The number of amides is 1. The van der Waals surface area contributed by atoms with Crippen LogP contribution in [0.4, 0.5) is 0 Å². The van der Waals surface area contributed by atoms with Crippen molar-refractivity contribution in [2.45, 2.75) is 39.5 Å². The van der Waals surface area contributed by atoms with E-state index >= 15 is 0 Å². The van der Waals surface area contributed by atoms with Crippen molar-refractivity contribution in [3.05, 3.63) is 11.1 Å². The number of nitriles is 1. The third-order valence-electron chi connectivity index (χ3n) is 2.16. The van der Waals surface area contributed by atoms with Gasteiger partial charge in [0.2, 0.25) is 0 Å². The number of nitrogens with one attached hydrogen (secondary N) is 1. The van der Waals surface area contributed by atoms with Crippen LogP contribution in [0.25, 0.3) is 0 Å².